The standard InChI is InChI=1S/C30H52O5/c1-7-11-14-15-17-22-30(6,21-16-12-8-2)35-28(32)26-19-18-25(34-26)27(31)33-24-23-29(5,10-4)20-13-9-3/h18-19H,7-17,20-24H2,1-6H3. The topological polar surface area (TPSA) is 65.7 Å². The summed E-state index contributed by atoms with van der Waals surface area (Å²) in [5.41, 5.74) is -0.345. The van der Waals surface area contributed by atoms with Gasteiger partial charge in [0, 0.05) is 0 Å². The molecule has 1 aromatic heterocycles. The fraction of sp³-hybridized carbons (Fsp3) is 0.800. The minimum atomic E-state index is -0.528. The molecule has 0 aromatic carbocycles. The molecule has 0 N–H and O–H groups in total. The first-order chi connectivity index (χ1) is 16.7. The summed E-state index contributed by atoms with van der Waals surface area (Å²) in [6.07, 6.45) is 16.2. The van der Waals surface area contributed by atoms with E-state index in [4.69, 9.17) is 13.9 Å². The number of rotatable bonds is 20. The summed E-state index contributed by atoms with van der Waals surface area (Å²) in [4.78, 5) is 25.4. The van der Waals surface area contributed by atoms with Crippen molar-refractivity contribution in [1.82, 2.24) is 0 Å². The molecule has 1 aromatic rings. The van der Waals surface area contributed by atoms with Crippen LogP contribution in [0.3, 0.4) is 0 Å². The van der Waals surface area contributed by atoms with Gasteiger partial charge in [0.1, 0.15) is 5.60 Å². The van der Waals surface area contributed by atoms with Crippen molar-refractivity contribution in [2.75, 3.05) is 6.61 Å². The molecule has 0 radical (unpaired) electrons. The largest absolute Gasteiger partial charge is 0.460 e. The predicted molar refractivity (Wildman–Crippen MR) is 143 cm³/mol. The van der Waals surface area contributed by atoms with E-state index in [0.717, 1.165) is 70.6 Å². The third kappa shape index (κ3) is 12.1. The zero-order valence-electron chi connectivity index (χ0n) is 23.5. The molecule has 202 valence electrons. The van der Waals surface area contributed by atoms with Crippen LogP contribution in [-0.4, -0.2) is 24.1 Å². The summed E-state index contributed by atoms with van der Waals surface area (Å²) in [6.45, 7) is 13.4. The lowest BCUT2D eigenvalue weighted by Gasteiger charge is -2.29. The highest BCUT2D eigenvalue weighted by atomic mass is 16.6. The molecule has 35 heavy (non-hydrogen) atoms. The number of ether oxygens (including phenoxy) is 2. The van der Waals surface area contributed by atoms with Crippen LogP contribution in [-0.2, 0) is 9.47 Å². The quantitative estimate of drug-likeness (QED) is 0.134. The van der Waals surface area contributed by atoms with E-state index in [1.807, 2.05) is 6.92 Å². The Labute approximate surface area is 214 Å². The highest BCUT2D eigenvalue weighted by Gasteiger charge is 2.30. The molecule has 5 heteroatoms. The Morgan fingerprint density at radius 2 is 1.26 bits per heavy atom. The third-order valence-corrected chi connectivity index (χ3v) is 7.39. The van der Waals surface area contributed by atoms with Crippen molar-refractivity contribution in [2.45, 2.75) is 143 Å². The molecule has 0 aliphatic rings. The summed E-state index contributed by atoms with van der Waals surface area (Å²) in [6, 6.07) is 3.03. The first-order valence-corrected chi connectivity index (χ1v) is 14.2. The molecular formula is C30H52O5. The van der Waals surface area contributed by atoms with Gasteiger partial charge in [0.25, 0.3) is 0 Å². The molecule has 0 fully saturated rings. The van der Waals surface area contributed by atoms with E-state index in [2.05, 4.69) is 34.6 Å². The maximum Gasteiger partial charge on any atom is 0.374 e. The van der Waals surface area contributed by atoms with E-state index < -0.39 is 17.5 Å². The van der Waals surface area contributed by atoms with Gasteiger partial charge in [-0.15, -0.1) is 0 Å². The van der Waals surface area contributed by atoms with Gasteiger partial charge in [-0.3, -0.25) is 0 Å². The van der Waals surface area contributed by atoms with E-state index in [1.54, 1.807) is 0 Å². The molecule has 0 aliphatic carbocycles. The average Bonchev–Trinajstić information content (AvgIpc) is 3.33. The number of hydrogen-bond acceptors (Lipinski definition) is 5. The normalized spacial score (nSPS) is 14.8. The van der Waals surface area contributed by atoms with E-state index in [1.165, 1.54) is 37.8 Å². The Morgan fingerprint density at radius 1 is 0.714 bits per heavy atom. The van der Waals surface area contributed by atoms with E-state index in [-0.39, 0.29) is 16.9 Å². The second-order valence-electron chi connectivity index (χ2n) is 10.8. The van der Waals surface area contributed by atoms with Gasteiger partial charge in [-0.25, -0.2) is 9.59 Å². The van der Waals surface area contributed by atoms with Crippen LogP contribution in [0.5, 0.6) is 0 Å². The lowest BCUT2D eigenvalue weighted by Crippen LogP contribution is -2.32. The first-order valence-electron chi connectivity index (χ1n) is 14.2. The first kappa shape index (κ1) is 31.3. The maximum atomic E-state index is 12.9. The van der Waals surface area contributed by atoms with Crippen LogP contribution in [0.1, 0.15) is 159 Å². The van der Waals surface area contributed by atoms with E-state index in [9.17, 15) is 9.59 Å². The van der Waals surface area contributed by atoms with Crippen molar-refractivity contribution in [3.8, 4) is 0 Å². The molecule has 2 unspecified atom stereocenters. The number of carbonyl (C=O) groups is 2. The minimum Gasteiger partial charge on any atom is -0.460 e. The Bertz CT molecular complexity index is 724. The lowest BCUT2D eigenvalue weighted by molar-refractivity contribution is -0.0228. The molecule has 5 nitrogen and oxygen atoms in total. The number of carbonyl (C=O) groups excluding carboxylic acids is 2. The summed E-state index contributed by atoms with van der Waals surface area (Å²) in [5, 5.41) is 0. The second kappa shape index (κ2) is 16.8. The number of furan rings is 1. The van der Waals surface area contributed by atoms with Gasteiger partial charge in [0.2, 0.25) is 11.5 Å². The van der Waals surface area contributed by atoms with Crippen LogP contribution in [0.25, 0.3) is 0 Å². The Balaban J connectivity index is 2.66. The van der Waals surface area contributed by atoms with Crippen LogP contribution in [0.4, 0.5) is 0 Å². The van der Waals surface area contributed by atoms with Gasteiger partial charge in [0.15, 0.2) is 0 Å². The Hall–Kier alpha value is -1.78. The lowest BCUT2D eigenvalue weighted by atomic mass is 9.80. The molecule has 2 atom stereocenters. The average molecular weight is 493 g/mol. The van der Waals surface area contributed by atoms with Gasteiger partial charge in [0.05, 0.1) is 6.61 Å². The summed E-state index contributed by atoms with van der Waals surface area (Å²) in [7, 11) is 0. The Morgan fingerprint density at radius 3 is 1.86 bits per heavy atom. The second-order valence-corrected chi connectivity index (χ2v) is 10.8. The molecule has 0 amide bonds. The maximum absolute atomic E-state index is 12.9. The summed E-state index contributed by atoms with van der Waals surface area (Å²) >= 11 is 0. The molecule has 0 spiro atoms. The monoisotopic (exact) mass is 492 g/mol. The van der Waals surface area contributed by atoms with Crippen molar-refractivity contribution in [2.24, 2.45) is 5.41 Å². The van der Waals surface area contributed by atoms with Gasteiger partial charge in [-0.1, -0.05) is 92.4 Å². The Kier molecular flexibility index (Phi) is 15.0. The number of esters is 2. The van der Waals surface area contributed by atoms with Crippen molar-refractivity contribution in [3.63, 3.8) is 0 Å². The highest BCUT2D eigenvalue weighted by molar-refractivity contribution is 5.91. The van der Waals surface area contributed by atoms with Crippen molar-refractivity contribution in [1.29, 1.82) is 0 Å². The third-order valence-electron chi connectivity index (χ3n) is 7.39. The van der Waals surface area contributed by atoms with Gasteiger partial charge < -0.3 is 13.9 Å². The molecular weight excluding hydrogens is 440 g/mol. The number of unbranched alkanes of at least 4 members (excludes halogenated alkanes) is 7. The fourth-order valence-electron chi connectivity index (χ4n) is 4.45. The molecule has 0 aliphatic heterocycles. The van der Waals surface area contributed by atoms with E-state index in [0.29, 0.717) is 6.61 Å². The zero-order chi connectivity index (χ0) is 26.2. The van der Waals surface area contributed by atoms with Crippen LogP contribution in [0.15, 0.2) is 16.5 Å². The molecule has 1 rings (SSSR count). The SMILES string of the molecule is CCCCCCCC(C)(CCCCC)OC(=O)c1ccc(C(=O)OCCC(C)(CC)CCCC)o1. The van der Waals surface area contributed by atoms with Crippen LogP contribution < -0.4 is 0 Å². The molecule has 1 heterocycles. The minimum absolute atomic E-state index is 0.0518. The van der Waals surface area contributed by atoms with Crippen LogP contribution in [0, 0.1) is 5.41 Å². The van der Waals surface area contributed by atoms with Crippen LogP contribution >= 0.6 is 0 Å². The number of hydrogen-bond donors (Lipinski definition) is 0. The van der Waals surface area contributed by atoms with E-state index >= 15 is 0 Å². The van der Waals surface area contributed by atoms with Crippen LogP contribution in [0.2, 0.25) is 0 Å². The smallest absolute Gasteiger partial charge is 0.374 e. The fourth-order valence-corrected chi connectivity index (χ4v) is 4.45. The molecule has 0 saturated heterocycles. The summed E-state index contributed by atoms with van der Waals surface area (Å²) in [5.74, 6) is -0.920. The molecule has 0 saturated carbocycles. The molecule has 0 bridgehead atoms. The van der Waals surface area contributed by atoms with Crippen molar-refractivity contribution < 1.29 is 23.5 Å². The van der Waals surface area contributed by atoms with Crippen molar-refractivity contribution in [3.05, 3.63) is 23.7 Å². The van der Waals surface area contributed by atoms with Crippen molar-refractivity contribution >= 4 is 11.9 Å². The zero-order valence-corrected chi connectivity index (χ0v) is 23.5. The summed E-state index contributed by atoms with van der Waals surface area (Å²) < 4.78 is 17.0. The van der Waals surface area contributed by atoms with Gasteiger partial charge >= 0.3 is 11.9 Å². The van der Waals surface area contributed by atoms with Gasteiger partial charge in [-0.2, -0.15) is 0 Å². The predicted octanol–water partition coefficient (Wildman–Crippen LogP) is 9.29. The van der Waals surface area contributed by atoms with Gasteiger partial charge in [-0.05, 0) is 63.0 Å². The highest BCUT2D eigenvalue weighted by Crippen LogP contribution is 2.32.